The Morgan fingerprint density at radius 3 is 1.75 bits per heavy atom. The number of unbranched alkanes of at least 4 members (excludes halogenated alkanes) is 1. The van der Waals surface area contributed by atoms with Crippen LogP contribution in [0.1, 0.15) is 65.2 Å². The molecule has 0 aliphatic heterocycles. The summed E-state index contributed by atoms with van der Waals surface area (Å²) < 4.78 is 0. The fourth-order valence-corrected chi connectivity index (χ4v) is 3.67. The number of aliphatic carboxylic acids is 1. The van der Waals surface area contributed by atoms with Gasteiger partial charge in [0, 0.05) is 13.1 Å². The molecule has 3 amide bonds. The number of rotatable bonds is 21. The van der Waals surface area contributed by atoms with Gasteiger partial charge in [0.25, 0.3) is 0 Å². The van der Waals surface area contributed by atoms with Crippen LogP contribution >= 0.6 is 0 Å². The molecular formula is C24H49N11O5. The molecule has 0 heterocycles. The predicted molar refractivity (Wildman–Crippen MR) is 154 cm³/mol. The maximum absolute atomic E-state index is 13.3. The van der Waals surface area contributed by atoms with Crippen molar-refractivity contribution in [3.63, 3.8) is 0 Å². The quantitative estimate of drug-likeness (QED) is 0.0379. The van der Waals surface area contributed by atoms with Gasteiger partial charge in [-0.25, -0.2) is 4.79 Å². The van der Waals surface area contributed by atoms with Crippen molar-refractivity contribution in [3.8, 4) is 0 Å². The molecular weight excluding hydrogens is 522 g/mol. The summed E-state index contributed by atoms with van der Waals surface area (Å²) in [7, 11) is 0. The lowest BCUT2D eigenvalue weighted by Gasteiger charge is -2.28. The topological polar surface area (TPSA) is 305 Å². The molecule has 5 unspecified atom stereocenters. The van der Waals surface area contributed by atoms with E-state index in [4.69, 9.17) is 34.4 Å². The Morgan fingerprint density at radius 1 is 0.750 bits per heavy atom. The van der Waals surface area contributed by atoms with Gasteiger partial charge in [0.2, 0.25) is 17.7 Å². The van der Waals surface area contributed by atoms with E-state index in [2.05, 4.69) is 25.9 Å². The SMILES string of the molecule is CCC(C)C(NC(=O)C(N)CCCCN)C(=O)NC(CCCN=C(N)N)C(=O)NC(CCCN=C(N)N)C(=O)O. The van der Waals surface area contributed by atoms with Gasteiger partial charge in [0.15, 0.2) is 11.9 Å². The van der Waals surface area contributed by atoms with Crippen LogP contribution in [0.3, 0.4) is 0 Å². The summed E-state index contributed by atoms with van der Waals surface area (Å²) in [6, 6.07) is -4.15. The molecule has 16 heteroatoms. The smallest absolute Gasteiger partial charge is 0.326 e. The Balaban J connectivity index is 5.64. The number of hydrogen-bond donors (Lipinski definition) is 10. The molecule has 16 N–H and O–H groups in total. The highest BCUT2D eigenvalue weighted by Crippen LogP contribution is 2.11. The zero-order valence-electron chi connectivity index (χ0n) is 23.6. The van der Waals surface area contributed by atoms with Crippen molar-refractivity contribution in [1.29, 1.82) is 0 Å². The number of carbonyl (C=O) groups is 4. The molecule has 0 aliphatic rings. The number of carboxylic acid groups (broad SMARTS) is 1. The van der Waals surface area contributed by atoms with Crippen LogP contribution in [0.15, 0.2) is 9.98 Å². The second kappa shape index (κ2) is 20.3. The molecule has 16 nitrogen and oxygen atoms in total. The Kier molecular flexibility index (Phi) is 18.4. The molecule has 40 heavy (non-hydrogen) atoms. The van der Waals surface area contributed by atoms with Crippen LogP contribution in [0, 0.1) is 5.92 Å². The minimum Gasteiger partial charge on any atom is -0.480 e. The van der Waals surface area contributed by atoms with Crippen molar-refractivity contribution < 1.29 is 24.3 Å². The summed E-state index contributed by atoms with van der Waals surface area (Å²) in [5, 5.41) is 17.4. The van der Waals surface area contributed by atoms with Gasteiger partial charge in [-0.05, 0) is 51.0 Å². The Labute approximate surface area is 235 Å². The van der Waals surface area contributed by atoms with Gasteiger partial charge in [-0.2, -0.15) is 0 Å². The van der Waals surface area contributed by atoms with E-state index in [0.717, 1.165) is 6.42 Å². The van der Waals surface area contributed by atoms with Crippen molar-refractivity contribution in [3.05, 3.63) is 0 Å². The van der Waals surface area contributed by atoms with Crippen LogP contribution in [0.25, 0.3) is 0 Å². The van der Waals surface area contributed by atoms with Gasteiger partial charge in [-0.15, -0.1) is 0 Å². The highest BCUT2D eigenvalue weighted by Gasteiger charge is 2.32. The van der Waals surface area contributed by atoms with Gasteiger partial charge in [0.1, 0.15) is 18.1 Å². The van der Waals surface area contributed by atoms with Crippen molar-refractivity contribution in [2.45, 2.75) is 89.4 Å². The third-order valence-corrected chi connectivity index (χ3v) is 6.24. The largest absolute Gasteiger partial charge is 0.480 e. The number of nitrogens with zero attached hydrogens (tertiary/aromatic N) is 2. The molecule has 0 bridgehead atoms. The summed E-state index contributed by atoms with van der Waals surface area (Å²) >= 11 is 0. The molecule has 5 atom stereocenters. The molecule has 0 fully saturated rings. The number of hydrogen-bond acceptors (Lipinski definition) is 8. The zero-order valence-corrected chi connectivity index (χ0v) is 23.6. The monoisotopic (exact) mass is 571 g/mol. The average Bonchev–Trinajstić information content (AvgIpc) is 2.89. The Hall–Kier alpha value is -3.66. The molecule has 0 saturated heterocycles. The van der Waals surface area contributed by atoms with Crippen LogP contribution in [0.4, 0.5) is 0 Å². The predicted octanol–water partition coefficient (Wildman–Crippen LogP) is -2.87. The minimum atomic E-state index is -1.25. The van der Waals surface area contributed by atoms with E-state index < -0.39 is 47.9 Å². The van der Waals surface area contributed by atoms with Gasteiger partial charge < -0.3 is 55.5 Å². The highest BCUT2D eigenvalue weighted by molar-refractivity contribution is 5.94. The minimum absolute atomic E-state index is 0.0557. The second-order valence-corrected chi connectivity index (χ2v) is 9.62. The third-order valence-electron chi connectivity index (χ3n) is 6.24. The number of nitrogens with one attached hydrogen (secondary N) is 3. The molecule has 0 saturated carbocycles. The average molecular weight is 572 g/mol. The number of carbonyl (C=O) groups excluding carboxylic acids is 3. The Morgan fingerprint density at radius 2 is 1.27 bits per heavy atom. The highest BCUT2D eigenvalue weighted by atomic mass is 16.4. The molecule has 0 radical (unpaired) electrons. The van der Waals surface area contributed by atoms with Gasteiger partial charge >= 0.3 is 5.97 Å². The number of guanidine groups is 2. The second-order valence-electron chi connectivity index (χ2n) is 9.62. The third kappa shape index (κ3) is 15.7. The standard InChI is InChI=1S/C24H49N11O5/c1-3-14(2)18(35-19(36)15(26)8-4-5-11-25)21(38)33-16(9-6-12-31-23(27)28)20(37)34-17(22(39)40)10-7-13-32-24(29)30/h14-18H,3-13,25-26H2,1-2H3,(H,33,38)(H,34,37)(H,35,36)(H,39,40)(H4,27,28,31)(H4,29,30,32). The van der Waals surface area contributed by atoms with E-state index in [1.807, 2.05) is 6.92 Å². The summed E-state index contributed by atoms with van der Waals surface area (Å²) in [5.74, 6) is -3.58. The Bertz CT molecular complexity index is 860. The van der Waals surface area contributed by atoms with E-state index in [9.17, 15) is 24.3 Å². The lowest BCUT2D eigenvalue weighted by Crippen LogP contribution is -2.58. The first-order valence-corrected chi connectivity index (χ1v) is 13.5. The van der Waals surface area contributed by atoms with Crippen molar-refractivity contribution in [2.75, 3.05) is 19.6 Å². The molecule has 0 aromatic heterocycles. The van der Waals surface area contributed by atoms with E-state index in [0.29, 0.717) is 38.6 Å². The van der Waals surface area contributed by atoms with Gasteiger partial charge in [0.05, 0.1) is 6.04 Å². The van der Waals surface area contributed by atoms with E-state index in [-0.39, 0.29) is 43.8 Å². The summed E-state index contributed by atoms with van der Waals surface area (Å²) in [4.78, 5) is 58.6. The molecule has 0 spiro atoms. The molecule has 0 rings (SSSR count). The van der Waals surface area contributed by atoms with Crippen LogP contribution in [-0.4, -0.2) is 84.5 Å². The molecule has 0 aromatic rings. The van der Waals surface area contributed by atoms with Crippen LogP contribution in [-0.2, 0) is 19.2 Å². The van der Waals surface area contributed by atoms with Gasteiger partial charge in [-0.1, -0.05) is 26.7 Å². The first-order chi connectivity index (χ1) is 18.8. The summed E-state index contributed by atoms with van der Waals surface area (Å²) in [5.41, 5.74) is 32.8. The van der Waals surface area contributed by atoms with Crippen molar-refractivity contribution >= 4 is 35.6 Å². The lowest BCUT2D eigenvalue weighted by atomic mass is 9.96. The number of nitrogens with two attached hydrogens (primary N) is 6. The number of amides is 3. The lowest BCUT2D eigenvalue weighted by molar-refractivity contribution is -0.142. The fourth-order valence-electron chi connectivity index (χ4n) is 3.67. The van der Waals surface area contributed by atoms with Crippen LogP contribution < -0.4 is 50.4 Å². The van der Waals surface area contributed by atoms with Crippen LogP contribution in [0.2, 0.25) is 0 Å². The van der Waals surface area contributed by atoms with Crippen molar-refractivity contribution in [1.82, 2.24) is 16.0 Å². The van der Waals surface area contributed by atoms with Crippen LogP contribution in [0.5, 0.6) is 0 Å². The zero-order chi connectivity index (χ0) is 30.7. The van der Waals surface area contributed by atoms with Crippen molar-refractivity contribution in [2.24, 2.45) is 50.3 Å². The van der Waals surface area contributed by atoms with E-state index >= 15 is 0 Å². The van der Waals surface area contributed by atoms with E-state index in [1.165, 1.54) is 0 Å². The number of carboxylic acids is 1. The maximum Gasteiger partial charge on any atom is 0.326 e. The number of aliphatic imine (C=N–C) groups is 2. The molecule has 0 aromatic carbocycles. The van der Waals surface area contributed by atoms with E-state index in [1.54, 1.807) is 6.92 Å². The maximum atomic E-state index is 13.3. The first-order valence-electron chi connectivity index (χ1n) is 13.5. The molecule has 0 aliphatic carbocycles. The normalized spacial score (nSPS) is 14.5. The first kappa shape index (κ1) is 36.3. The summed E-state index contributed by atoms with van der Waals surface area (Å²) in [6.45, 7) is 4.50. The summed E-state index contributed by atoms with van der Waals surface area (Å²) in [6.07, 6.45) is 3.12. The molecule has 230 valence electrons. The fraction of sp³-hybridized carbons (Fsp3) is 0.750. The van der Waals surface area contributed by atoms with Gasteiger partial charge in [-0.3, -0.25) is 24.4 Å².